The maximum absolute atomic E-state index is 6.33. The van der Waals surface area contributed by atoms with Crippen molar-refractivity contribution in [3.8, 4) is 0 Å². The van der Waals surface area contributed by atoms with Crippen LogP contribution in [0.25, 0.3) is 0 Å². The molecule has 1 atom stereocenters. The molecule has 0 bridgehead atoms. The van der Waals surface area contributed by atoms with Gasteiger partial charge in [-0.1, -0.05) is 35.3 Å². The van der Waals surface area contributed by atoms with Gasteiger partial charge in [0.15, 0.2) is 0 Å². The Morgan fingerprint density at radius 3 is 2.95 bits per heavy atom. The molecule has 1 aliphatic rings. The van der Waals surface area contributed by atoms with E-state index in [-0.39, 0.29) is 6.04 Å². The smallest absolute Gasteiger partial charge is 0.122 e. The fourth-order valence-corrected chi connectivity index (χ4v) is 3.14. The average Bonchev–Trinajstić information content (AvgIpc) is 2.92. The minimum atomic E-state index is 0.0617. The van der Waals surface area contributed by atoms with Crippen LogP contribution in [0.5, 0.6) is 0 Å². The molecule has 0 saturated carbocycles. The second kappa shape index (κ2) is 5.74. The van der Waals surface area contributed by atoms with E-state index in [2.05, 4.69) is 14.5 Å². The van der Waals surface area contributed by atoms with E-state index in [0.29, 0.717) is 16.6 Å². The number of benzene rings is 1. The number of hydrogen-bond donors (Lipinski definition) is 1. The number of aromatic nitrogens is 2. The summed E-state index contributed by atoms with van der Waals surface area (Å²) in [6.07, 6.45) is 3.85. The molecular formula is C14H16Cl2N4. The number of halogens is 2. The average molecular weight is 311 g/mol. The molecule has 6 heteroatoms. The van der Waals surface area contributed by atoms with E-state index in [1.54, 1.807) is 6.07 Å². The summed E-state index contributed by atoms with van der Waals surface area (Å²) in [6.45, 7) is 3.12. The topological polar surface area (TPSA) is 47.1 Å². The van der Waals surface area contributed by atoms with Gasteiger partial charge in [-0.25, -0.2) is 4.98 Å². The van der Waals surface area contributed by atoms with Crippen LogP contribution in [0.1, 0.15) is 17.4 Å². The lowest BCUT2D eigenvalue weighted by atomic mass is 10.0. The molecule has 0 saturated heterocycles. The molecule has 106 valence electrons. The van der Waals surface area contributed by atoms with Gasteiger partial charge in [0.2, 0.25) is 0 Å². The normalized spacial score (nSPS) is 16.9. The standard InChI is InChI=1S/C14H16Cl2N4/c15-11-3-1-2-10(14(11)16)12(8-17)20-7-6-19-5-4-18-13(19)9-20/h1-5,12H,6-9,17H2. The summed E-state index contributed by atoms with van der Waals surface area (Å²) >= 11 is 12.4. The van der Waals surface area contributed by atoms with Crippen molar-refractivity contribution in [3.63, 3.8) is 0 Å². The molecule has 0 amide bonds. The molecule has 0 aliphatic carbocycles. The largest absolute Gasteiger partial charge is 0.333 e. The Kier molecular flexibility index (Phi) is 3.98. The van der Waals surface area contributed by atoms with Crippen LogP contribution in [0.2, 0.25) is 10.0 Å². The van der Waals surface area contributed by atoms with Crippen molar-refractivity contribution < 1.29 is 0 Å². The highest BCUT2D eigenvalue weighted by atomic mass is 35.5. The van der Waals surface area contributed by atoms with Crippen molar-refractivity contribution in [1.82, 2.24) is 14.5 Å². The van der Waals surface area contributed by atoms with Gasteiger partial charge in [-0.3, -0.25) is 4.90 Å². The van der Waals surface area contributed by atoms with Gasteiger partial charge in [0.25, 0.3) is 0 Å². The van der Waals surface area contributed by atoms with Crippen LogP contribution >= 0.6 is 23.2 Å². The van der Waals surface area contributed by atoms with E-state index >= 15 is 0 Å². The number of nitrogens with zero attached hydrogens (tertiary/aromatic N) is 3. The lowest BCUT2D eigenvalue weighted by molar-refractivity contribution is 0.156. The van der Waals surface area contributed by atoms with Gasteiger partial charge in [0.05, 0.1) is 16.6 Å². The summed E-state index contributed by atoms with van der Waals surface area (Å²) in [5.74, 6) is 1.06. The molecule has 4 nitrogen and oxygen atoms in total. The predicted molar refractivity (Wildman–Crippen MR) is 80.9 cm³/mol. The van der Waals surface area contributed by atoms with Crippen LogP contribution in [0.4, 0.5) is 0 Å². The number of imidazole rings is 1. The van der Waals surface area contributed by atoms with Crippen LogP contribution < -0.4 is 5.73 Å². The van der Waals surface area contributed by atoms with E-state index in [4.69, 9.17) is 28.9 Å². The molecule has 1 aliphatic heterocycles. The van der Waals surface area contributed by atoms with Gasteiger partial charge >= 0.3 is 0 Å². The van der Waals surface area contributed by atoms with Crippen LogP contribution in [0.15, 0.2) is 30.6 Å². The van der Waals surface area contributed by atoms with Crippen molar-refractivity contribution in [3.05, 3.63) is 52.0 Å². The Labute approximate surface area is 128 Å². The van der Waals surface area contributed by atoms with Gasteiger partial charge in [-0.05, 0) is 11.6 Å². The van der Waals surface area contributed by atoms with Gasteiger partial charge in [0, 0.05) is 38.1 Å². The summed E-state index contributed by atoms with van der Waals surface area (Å²) < 4.78 is 2.17. The van der Waals surface area contributed by atoms with Gasteiger partial charge in [-0.2, -0.15) is 0 Å². The fraction of sp³-hybridized carbons (Fsp3) is 0.357. The summed E-state index contributed by atoms with van der Waals surface area (Å²) in [7, 11) is 0. The molecule has 2 heterocycles. The number of hydrogen-bond acceptors (Lipinski definition) is 3. The highest BCUT2D eigenvalue weighted by molar-refractivity contribution is 6.42. The molecule has 0 radical (unpaired) electrons. The third kappa shape index (κ3) is 2.44. The van der Waals surface area contributed by atoms with Crippen molar-refractivity contribution in [2.24, 2.45) is 5.73 Å². The SMILES string of the molecule is NCC(c1cccc(Cl)c1Cl)N1CCn2ccnc2C1. The Balaban J connectivity index is 1.89. The number of nitrogens with two attached hydrogens (primary N) is 1. The fourth-order valence-electron chi connectivity index (χ4n) is 2.71. The van der Waals surface area contributed by atoms with Crippen LogP contribution in [-0.2, 0) is 13.1 Å². The first-order valence-corrected chi connectivity index (χ1v) is 7.34. The molecule has 2 N–H and O–H groups in total. The maximum Gasteiger partial charge on any atom is 0.122 e. The minimum Gasteiger partial charge on any atom is -0.333 e. The second-order valence-corrected chi connectivity index (χ2v) is 5.69. The summed E-state index contributed by atoms with van der Waals surface area (Å²) in [6, 6.07) is 5.76. The van der Waals surface area contributed by atoms with E-state index in [1.807, 2.05) is 24.5 Å². The lowest BCUT2D eigenvalue weighted by Crippen LogP contribution is -2.39. The summed E-state index contributed by atoms with van der Waals surface area (Å²) in [5.41, 5.74) is 6.97. The van der Waals surface area contributed by atoms with Crippen molar-refractivity contribution in [2.45, 2.75) is 19.1 Å². The summed E-state index contributed by atoms with van der Waals surface area (Å²) in [4.78, 5) is 6.68. The van der Waals surface area contributed by atoms with Gasteiger partial charge in [0.1, 0.15) is 5.82 Å². The predicted octanol–water partition coefficient (Wildman–Crippen LogP) is 2.71. The van der Waals surface area contributed by atoms with E-state index in [9.17, 15) is 0 Å². The van der Waals surface area contributed by atoms with Crippen LogP contribution in [0.3, 0.4) is 0 Å². The van der Waals surface area contributed by atoms with Crippen molar-refractivity contribution in [2.75, 3.05) is 13.1 Å². The van der Waals surface area contributed by atoms with E-state index < -0.39 is 0 Å². The first-order chi connectivity index (χ1) is 9.70. The molecule has 20 heavy (non-hydrogen) atoms. The third-order valence-corrected chi connectivity index (χ3v) is 4.61. The molecule has 2 aromatic rings. The Morgan fingerprint density at radius 2 is 2.15 bits per heavy atom. The highest BCUT2D eigenvalue weighted by Crippen LogP contribution is 2.33. The summed E-state index contributed by atoms with van der Waals surface area (Å²) in [5, 5.41) is 1.17. The zero-order valence-corrected chi connectivity index (χ0v) is 12.5. The third-order valence-electron chi connectivity index (χ3n) is 3.78. The van der Waals surface area contributed by atoms with Gasteiger partial charge < -0.3 is 10.3 Å². The van der Waals surface area contributed by atoms with Crippen molar-refractivity contribution in [1.29, 1.82) is 0 Å². The Morgan fingerprint density at radius 1 is 1.30 bits per heavy atom. The Hall–Kier alpha value is -1.07. The zero-order chi connectivity index (χ0) is 14.1. The monoisotopic (exact) mass is 310 g/mol. The number of rotatable bonds is 3. The Bertz CT molecular complexity index is 611. The maximum atomic E-state index is 6.33. The molecule has 1 aromatic carbocycles. The van der Waals surface area contributed by atoms with Crippen molar-refractivity contribution >= 4 is 23.2 Å². The highest BCUT2D eigenvalue weighted by Gasteiger charge is 2.26. The van der Waals surface area contributed by atoms with E-state index in [1.165, 1.54) is 0 Å². The molecular weight excluding hydrogens is 295 g/mol. The zero-order valence-electron chi connectivity index (χ0n) is 11.0. The first-order valence-electron chi connectivity index (χ1n) is 6.58. The molecule has 0 spiro atoms. The second-order valence-electron chi connectivity index (χ2n) is 4.90. The molecule has 0 fully saturated rings. The van der Waals surface area contributed by atoms with E-state index in [0.717, 1.165) is 31.0 Å². The number of fused-ring (bicyclic) bond motifs is 1. The lowest BCUT2D eigenvalue weighted by Gasteiger charge is -2.34. The quantitative estimate of drug-likeness (QED) is 0.948. The van der Waals surface area contributed by atoms with Crippen LogP contribution in [0, 0.1) is 0 Å². The molecule has 3 rings (SSSR count). The van der Waals surface area contributed by atoms with Crippen LogP contribution in [-0.4, -0.2) is 27.5 Å². The molecule has 1 unspecified atom stereocenters. The van der Waals surface area contributed by atoms with Gasteiger partial charge in [-0.15, -0.1) is 0 Å². The minimum absolute atomic E-state index is 0.0617. The molecule has 1 aromatic heterocycles. The first kappa shape index (κ1) is 13.9.